The number of nitrogens with zero attached hydrogens (tertiary/aromatic N) is 1. The highest BCUT2D eigenvalue weighted by molar-refractivity contribution is 6.04. The highest BCUT2D eigenvalue weighted by atomic mass is 16.5. The van der Waals surface area contributed by atoms with Crippen LogP contribution in [0.5, 0.6) is 17.2 Å². The summed E-state index contributed by atoms with van der Waals surface area (Å²) in [5, 5.41) is 2.79. The fourth-order valence-electron chi connectivity index (χ4n) is 2.65. The molecule has 0 bridgehead atoms. The number of aromatic nitrogens is 1. The number of ether oxygens (including phenoxy) is 3. The van der Waals surface area contributed by atoms with E-state index in [1.165, 1.54) is 21.3 Å². The van der Waals surface area contributed by atoms with Crippen LogP contribution in [0.4, 0.5) is 5.69 Å². The molecule has 140 valence electrons. The van der Waals surface area contributed by atoms with Crippen molar-refractivity contribution in [2.45, 2.75) is 6.92 Å². The van der Waals surface area contributed by atoms with Gasteiger partial charge in [-0.15, -0.1) is 0 Å². The summed E-state index contributed by atoms with van der Waals surface area (Å²) in [5.41, 5.74) is 1.49. The lowest BCUT2D eigenvalue weighted by Crippen LogP contribution is -2.14. The van der Waals surface area contributed by atoms with Gasteiger partial charge in [0, 0.05) is 23.4 Å². The Bertz CT molecular complexity index is 925. The minimum Gasteiger partial charge on any atom is -0.493 e. The number of rotatable bonds is 6. The van der Waals surface area contributed by atoms with Crippen LogP contribution in [0, 0.1) is 6.92 Å². The largest absolute Gasteiger partial charge is 0.493 e. The third kappa shape index (κ3) is 3.72. The zero-order valence-electron chi connectivity index (χ0n) is 15.5. The van der Waals surface area contributed by atoms with Gasteiger partial charge in [0.2, 0.25) is 11.6 Å². The fraction of sp³-hybridized carbons (Fsp3) is 0.200. The van der Waals surface area contributed by atoms with Crippen molar-refractivity contribution in [1.29, 1.82) is 0 Å². The molecule has 0 aliphatic heterocycles. The van der Waals surface area contributed by atoms with Crippen molar-refractivity contribution in [2.24, 2.45) is 0 Å². The number of benzene rings is 2. The van der Waals surface area contributed by atoms with Gasteiger partial charge < -0.3 is 23.9 Å². The number of carbonyl (C=O) groups excluding carboxylic acids is 1. The van der Waals surface area contributed by atoms with E-state index >= 15 is 0 Å². The third-order valence-electron chi connectivity index (χ3n) is 3.96. The van der Waals surface area contributed by atoms with E-state index in [1.807, 2.05) is 30.3 Å². The zero-order valence-corrected chi connectivity index (χ0v) is 15.5. The smallest absolute Gasteiger partial charge is 0.277 e. The number of amides is 1. The van der Waals surface area contributed by atoms with Crippen molar-refractivity contribution in [3.63, 3.8) is 0 Å². The molecule has 0 spiro atoms. The average molecular weight is 368 g/mol. The predicted octanol–water partition coefficient (Wildman–Crippen LogP) is 3.93. The predicted molar refractivity (Wildman–Crippen MR) is 101 cm³/mol. The number of anilines is 1. The van der Waals surface area contributed by atoms with E-state index in [4.69, 9.17) is 18.6 Å². The minimum atomic E-state index is -0.396. The minimum absolute atomic E-state index is 0.211. The van der Waals surface area contributed by atoms with Crippen LogP contribution in [0.2, 0.25) is 0 Å². The molecule has 7 heteroatoms. The van der Waals surface area contributed by atoms with Crippen LogP contribution in [-0.4, -0.2) is 32.2 Å². The first kappa shape index (κ1) is 18.3. The molecule has 0 fully saturated rings. The maximum Gasteiger partial charge on any atom is 0.277 e. The average Bonchev–Trinajstić information content (AvgIpc) is 3.09. The van der Waals surface area contributed by atoms with Gasteiger partial charge in [0.15, 0.2) is 17.2 Å². The van der Waals surface area contributed by atoms with E-state index in [0.717, 1.165) is 5.56 Å². The molecule has 7 nitrogen and oxygen atoms in total. The highest BCUT2D eigenvalue weighted by Gasteiger charge is 2.20. The second-order valence-electron chi connectivity index (χ2n) is 5.66. The summed E-state index contributed by atoms with van der Waals surface area (Å²) in [7, 11) is 4.54. The monoisotopic (exact) mass is 368 g/mol. The Morgan fingerprint density at radius 2 is 1.63 bits per heavy atom. The molecule has 0 radical (unpaired) electrons. The molecule has 0 atom stereocenters. The number of hydrogen-bond donors (Lipinski definition) is 1. The van der Waals surface area contributed by atoms with E-state index in [1.54, 1.807) is 19.1 Å². The first-order chi connectivity index (χ1) is 13.1. The van der Waals surface area contributed by atoms with Crippen LogP contribution < -0.4 is 19.5 Å². The van der Waals surface area contributed by atoms with Crippen molar-refractivity contribution >= 4 is 11.6 Å². The van der Waals surface area contributed by atoms with Gasteiger partial charge in [-0.2, -0.15) is 0 Å². The molecule has 0 unspecified atom stereocenters. The maximum absolute atomic E-state index is 12.7. The summed E-state index contributed by atoms with van der Waals surface area (Å²) in [6.45, 7) is 1.70. The van der Waals surface area contributed by atoms with Gasteiger partial charge in [0.25, 0.3) is 5.91 Å². The van der Waals surface area contributed by atoms with Crippen LogP contribution in [0.3, 0.4) is 0 Å². The Kier molecular flexibility index (Phi) is 5.30. The Morgan fingerprint density at radius 3 is 2.19 bits per heavy atom. The lowest BCUT2D eigenvalue weighted by molar-refractivity contribution is 0.102. The first-order valence-corrected chi connectivity index (χ1v) is 8.21. The molecule has 1 N–H and O–H groups in total. The molecule has 0 aliphatic carbocycles. The van der Waals surface area contributed by atoms with E-state index in [9.17, 15) is 4.79 Å². The fourth-order valence-corrected chi connectivity index (χ4v) is 2.65. The molecule has 1 amide bonds. The number of methoxy groups -OCH3 is 3. The number of aryl methyl sites for hydroxylation is 1. The Labute approximate surface area is 156 Å². The molecule has 3 rings (SSSR count). The van der Waals surface area contributed by atoms with Gasteiger partial charge in [-0.1, -0.05) is 18.2 Å². The molecule has 3 aromatic rings. The number of oxazole rings is 1. The standard InChI is InChI=1S/C20H20N2O5/c1-12-17(22-20(27-12)13-8-6-5-7-9-13)19(23)21-14-10-15(24-2)18(26-4)16(11-14)25-3/h5-11H,1-4H3,(H,21,23). The quantitative estimate of drug-likeness (QED) is 0.710. The third-order valence-corrected chi connectivity index (χ3v) is 3.96. The molecule has 0 aliphatic rings. The molecule has 27 heavy (non-hydrogen) atoms. The topological polar surface area (TPSA) is 82.8 Å². The van der Waals surface area contributed by atoms with Crippen LogP contribution in [-0.2, 0) is 0 Å². The van der Waals surface area contributed by atoms with Gasteiger partial charge in [0.05, 0.1) is 21.3 Å². The highest BCUT2D eigenvalue weighted by Crippen LogP contribution is 2.40. The number of nitrogens with one attached hydrogen (secondary N) is 1. The second-order valence-corrected chi connectivity index (χ2v) is 5.66. The summed E-state index contributed by atoms with van der Waals surface area (Å²) in [6, 6.07) is 12.7. The van der Waals surface area contributed by atoms with Gasteiger partial charge >= 0.3 is 0 Å². The Hall–Kier alpha value is -3.48. The summed E-state index contributed by atoms with van der Waals surface area (Å²) in [4.78, 5) is 17.0. The normalized spacial score (nSPS) is 10.4. The van der Waals surface area contributed by atoms with Crippen molar-refractivity contribution in [3.8, 4) is 28.7 Å². The molecule has 0 saturated carbocycles. The van der Waals surface area contributed by atoms with E-state index in [0.29, 0.717) is 34.6 Å². The molecule has 2 aromatic carbocycles. The number of carbonyl (C=O) groups is 1. The van der Waals surface area contributed by atoms with Gasteiger partial charge in [-0.05, 0) is 19.1 Å². The SMILES string of the molecule is COc1cc(NC(=O)c2nc(-c3ccccc3)oc2C)cc(OC)c1OC. The summed E-state index contributed by atoms with van der Waals surface area (Å²) < 4.78 is 21.5. The van der Waals surface area contributed by atoms with E-state index < -0.39 is 5.91 Å². The number of hydrogen-bond acceptors (Lipinski definition) is 6. The Balaban J connectivity index is 1.89. The van der Waals surface area contributed by atoms with Crippen LogP contribution >= 0.6 is 0 Å². The van der Waals surface area contributed by atoms with Gasteiger partial charge in [0.1, 0.15) is 5.76 Å². The van der Waals surface area contributed by atoms with Crippen molar-refractivity contribution in [3.05, 3.63) is 53.9 Å². The Morgan fingerprint density at radius 1 is 1.00 bits per heavy atom. The zero-order chi connectivity index (χ0) is 19.4. The second kappa shape index (κ2) is 7.82. The molecule has 1 heterocycles. The van der Waals surface area contributed by atoms with Gasteiger partial charge in [-0.25, -0.2) is 4.98 Å². The van der Waals surface area contributed by atoms with Gasteiger partial charge in [-0.3, -0.25) is 4.79 Å². The van der Waals surface area contributed by atoms with Crippen LogP contribution in [0.1, 0.15) is 16.2 Å². The molecule has 0 saturated heterocycles. The lowest BCUT2D eigenvalue weighted by Gasteiger charge is -2.14. The van der Waals surface area contributed by atoms with Crippen LogP contribution in [0.25, 0.3) is 11.5 Å². The van der Waals surface area contributed by atoms with E-state index in [2.05, 4.69) is 10.3 Å². The first-order valence-electron chi connectivity index (χ1n) is 8.21. The lowest BCUT2D eigenvalue weighted by atomic mass is 10.2. The maximum atomic E-state index is 12.7. The van der Waals surface area contributed by atoms with Crippen LogP contribution in [0.15, 0.2) is 46.9 Å². The summed E-state index contributed by atoms with van der Waals surface area (Å²) in [6.07, 6.45) is 0. The summed E-state index contributed by atoms with van der Waals surface area (Å²) >= 11 is 0. The van der Waals surface area contributed by atoms with Crippen molar-refractivity contribution < 1.29 is 23.4 Å². The molecular formula is C20H20N2O5. The van der Waals surface area contributed by atoms with E-state index in [-0.39, 0.29) is 5.69 Å². The summed E-state index contributed by atoms with van der Waals surface area (Å²) in [5.74, 6) is 1.75. The van der Waals surface area contributed by atoms with Crippen molar-refractivity contribution in [1.82, 2.24) is 4.98 Å². The van der Waals surface area contributed by atoms with Crippen molar-refractivity contribution in [2.75, 3.05) is 26.6 Å². The molecule has 1 aromatic heterocycles. The molecular weight excluding hydrogens is 348 g/mol.